The van der Waals surface area contributed by atoms with Gasteiger partial charge in [-0.15, -0.1) is 0 Å². The summed E-state index contributed by atoms with van der Waals surface area (Å²) >= 11 is 1.50. The van der Waals surface area contributed by atoms with Crippen LogP contribution < -0.4 is 9.62 Å². The number of amides is 1. The molecule has 1 N–H and O–H groups in total. The van der Waals surface area contributed by atoms with Crippen LogP contribution in [0.25, 0.3) is 0 Å². The van der Waals surface area contributed by atoms with Gasteiger partial charge >= 0.3 is 0 Å². The number of nitrogens with one attached hydrogen (secondary N) is 1. The van der Waals surface area contributed by atoms with Crippen LogP contribution in [0.15, 0.2) is 42.5 Å². The Hall–Kier alpha value is -2.06. The number of thioether (sulfide) groups is 1. The SMILES string of the molecule is Cc1cc(C)cc(N(CC(=O)NCCSCc2ccccc2F)S(C)(=O)=O)c1. The minimum atomic E-state index is -3.60. The van der Waals surface area contributed by atoms with Gasteiger partial charge in [0.05, 0.1) is 11.9 Å². The molecule has 0 aliphatic heterocycles. The summed E-state index contributed by atoms with van der Waals surface area (Å²) in [6.07, 6.45) is 1.09. The highest BCUT2D eigenvalue weighted by Crippen LogP contribution is 2.21. The fourth-order valence-corrected chi connectivity index (χ4v) is 4.43. The van der Waals surface area contributed by atoms with Crippen molar-refractivity contribution in [3.8, 4) is 0 Å². The van der Waals surface area contributed by atoms with Crippen molar-refractivity contribution in [3.05, 3.63) is 65.0 Å². The van der Waals surface area contributed by atoms with E-state index in [2.05, 4.69) is 5.32 Å². The van der Waals surface area contributed by atoms with Crippen LogP contribution in [0.5, 0.6) is 0 Å². The Kier molecular flexibility index (Phi) is 7.88. The first-order valence-electron chi connectivity index (χ1n) is 8.80. The van der Waals surface area contributed by atoms with E-state index in [1.807, 2.05) is 19.9 Å². The van der Waals surface area contributed by atoms with Crippen LogP contribution in [-0.4, -0.2) is 39.4 Å². The number of rotatable bonds is 9. The Morgan fingerprint density at radius 2 is 1.79 bits per heavy atom. The van der Waals surface area contributed by atoms with Gasteiger partial charge in [-0.05, 0) is 48.7 Å². The molecule has 0 aromatic heterocycles. The molecular formula is C20H25FN2O3S2. The van der Waals surface area contributed by atoms with Crippen LogP contribution in [0.1, 0.15) is 16.7 Å². The maximum atomic E-state index is 13.6. The number of nitrogens with zero attached hydrogens (tertiary/aromatic N) is 1. The third-order valence-corrected chi connectivity index (χ3v) is 6.11. The summed E-state index contributed by atoms with van der Waals surface area (Å²) in [5.74, 6) is 0.496. The average molecular weight is 425 g/mol. The number of aryl methyl sites for hydroxylation is 2. The summed E-state index contributed by atoms with van der Waals surface area (Å²) in [6.45, 7) is 3.86. The van der Waals surface area contributed by atoms with E-state index >= 15 is 0 Å². The van der Waals surface area contributed by atoms with Gasteiger partial charge in [0.25, 0.3) is 0 Å². The van der Waals surface area contributed by atoms with Gasteiger partial charge in [-0.25, -0.2) is 12.8 Å². The van der Waals surface area contributed by atoms with Crippen LogP contribution in [0.4, 0.5) is 10.1 Å². The molecule has 0 unspecified atom stereocenters. The zero-order valence-corrected chi connectivity index (χ0v) is 17.9. The van der Waals surface area contributed by atoms with Gasteiger partial charge in [-0.1, -0.05) is 24.3 Å². The highest BCUT2D eigenvalue weighted by molar-refractivity contribution is 7.98. The molecule has 0 heterocycles. The van der Waals surface area contributed by atoms with Gasteiger partial charge in [0.15, 0.2) is 0 Å². The zero-order valence-electron chi connectivity index (χ0n) is 16.2. The number of hydrogen-bond acceptors (Lipinski definition) is 4. The first-order chi connectivity index (χ1) is 13.2. The molecule has 2 aromatic carbocycles. The van der Waals surface area contributed by atoms with E-state index in [1.165, 1.54) is 17.8 Å². The maximum absolute atomic E-state index is 13.6. The van der Waals surface area contributed by atoms with Crippen LogP contribution >= 0.6 is 11.8 Å². The molecular weight excluding hydrogens is 399 g/mol. The second kappa shape index (κ2) is 9.93. The van der Waals surface area contributed by atoms with Crippen molar-refractivity contribution in [2.75, 3.05) is 29.4 Å². The van der Waals surface area contributed by atoms with Crippen molar-refractivity contribution in [1.82, 2.24) is 5.32 Å². The summed E-state index contributed by atoms with van der Waals surface area (Å²) in [6, 6.07) is 12.0. The summed E-state index contributed by atoms with van der Waals surface area (Å²) in [5, 5.41) is 2.73. The molecule has 0 saturated carbocycles. The number of hydrogen-bond donors (Lipinski definition) is 1. The predicted molar refractivity (Wildman–Crippen MR) is 114 cm³/mol. The number of sulfonamides is 1. The van der Waals surface area contributed by atoms with E-state index in [-0.39, 0.29) is 18.3 Å². The van der Waals surface area contributed by atoms with Crippen molar-refractivity contribution in [3.63, 3.8) is 0 Å². The third kappa shape index (κ3) is 6.83. The van der Waals surface area contributed by atoms with Crippen LogP contribution in [0, 0.1) is 19.7 Å². The highest BCUT2D eigenvalue weighted by Gasteiger charge is 2.21. The Labute approximate surface area is 170 Å². The number of benzene rings is 2. The van der Waals surface area contributed by atoms with Crippen molar-refractivity contribution in [1.29, 1.82) is 0 Å². The third-order valence-electron chi connectivity index (χ3n) is 3.97. The lowest BCUT2D eigenvalue weighted by molar-refractivity contribution is -0.119. The van der Waals surface area contributed by atoms with Gasteiger partial charge in [-0.3, -0.25) is 9.10 Å². The van der Waals surface area contributed by atoms with E-state index in [1.54, 1.807) is 30.3 Å². The van der Waals surface area contributed by atoms with E-state index in [4.69, 9.17) is 0 Å². The fourth-order valence-electron chi connectivity index (χ4n) is 2.74. The van der Waals surface area contributed by atoms with Crippen LogP contribution in [0.2, 0.25) is 0 Å². The minimum absolute atomic E-state index is 0.240. The van der Waals surface area contributed by atoms with Gasteiger partial charge in [0.2, 0.25) is 15.9 Å². The second-order valence-corrected chi connectivity index (χ2v) is 9.62. The molecule has 8 heteroatoms. The lowest BCUT2D eigenvalue weighted by atomic mass is 10.1. The normalized spacial score (nSPS) is 11.3. The van der Waals surface area contributed by atoms with Crippen molar-refractivity contribution < 1.29 is 17.6 Å². The molecule has 0 aliphatic rings. The Balaban J connectivity index is 1.87. The lowest BCUT2D eigenvalue weighted by Gasteiger charge is -2.22. The molecule has 2 rings (SSSR count). The molecule has 28 heavy (non-hydrogen) atoms. The molecule has 5 nitrogen and oxygen atoms in total. The lowest BCUT2D eigenvalue weighted by Crippen LogP contribution is -2.41. The molecule has 0 saturated heterocycles. The number of halogens is 1. The summed E-state index contributed by atoms with van der Waals surface area (Å²) in [7, 11) is -3.60. The number of anilines is 1. The van der Waals surface area contributed by atoms with Gasteiger partial charge < -0.3 is 5.32 Å². The Bertz CT molecular complexity index is 913. The zero-order chi connectivity index (χ0) is 20.7. The number of carbonyl (C=O) groups is 1. The van der Waals surface area contributed by atoms with Crippen molar-refractivity contribution >= 4 is 33.4 Å². The average Bonchev–Trinajstić information content (AvgIpc) is 2.59. The van der Waals surface area contributed by atoms with Gasteiger partial charge in [0, 0.05) is 18.1 Å². The molecule has 0 atom stereocenters. The minimum Gasteiger partial charge on any atom is -0.354 e. The summed E-state index contributed by atoms with van der Waals surface area (Å²) < 4.78 is 39.0. The van der Waals surface area contributed by atoms with E-state index in [9.17, 15) is 17.6 Å². The molecule has 2 aromatic rings. The van der Waals surface area contributed by atoms with E-state index in [0.717, 1.165) is 21.7 Å². The summed E-state index contributed by atoms with van der Waals surface area (Å²) in [4.78, 5) is 12.2. The highest BCUT2D eigenvalue weighted by atomic mass is 32.2. The molecule has 0 aliphatic carbocycles. The molecule has 0 fully saturated rings. The Morgan fingerprint density at radius 3 is 2.39 bits per heavy atom. The Morgan fingerprint density at radius 1 is 1.14 bits per heavy atom. The van der Waals surface area contributed by atoms with Gasteiger partial charge in [0.1, 0.15) is 12.4 Å². The van der Waals surface area contributed by atoms with Crippen LogP contribution in [0.3, 0.4) is 0 Å². The maximum Gasteiger partial charge on any atom is 0.240 e. The molecule has 0 radical (unpaired) electrons. The quantitative estimate of drug-likeness (QED) is 0.628. The first kappa shape index (κ1) is 22.2. The molecule has 0 spiro atoms. The van der Waals surface area contributed by atoms with E-state index in [0.29, 0.717) is 29.3 Å². The van der Waals surface area contributed by atoms with E-state index < -0.39 is 10.0 Å². The number of carbonyl (C=O) groups excluding carboxylic acids is 1. The smallest absolute Gasteiger partial charge is 0.240 e. The molecule has 1 amide bonds. The molecule has 0 bridgehead atoms. The topological polar surface area (TPSA) is 66.5 Å². The largest absolute Gasteiger partial charge is 0.354 e. The molecule has 152 valence electrons. The van der Waals surface area contributed by atoms with Gasteiger partial charge in [-0.2, -0.15) is 11.8 Å². The standard InChI is InChI=1S/C20H25FN2O3S2/c1-15-10-16(2)12-18(11-15)23(28(3,25)26)13-20(24)22-8-9-27-14-17-6-4-5-7-19(17)21/h4-7,10-12H,8-9,13-14H2,1-3H3,(H,22,24). The monoisotopic (exact) mass is 424 g/mol. The van der Waals surface area contributed by atoms with Crippen LogP contribution in [-0.2, 0) is 20.6 Å². The second-order valence-electron chi connectivity index (χ2n) is 6.61. The fraction of sp³-hybridized carbons (Fsp3) is 0.350. The summed E-state index contributed by atoms with van der Waals surface area (Å²) in [5.41, 5.74) is 2.95. The first-order valence-corrected chi connectivity index (χ1v) is 11.8. The van der Waals surface area contributed by atoms with Crippen molar-refractivity contribution in [2.24, 2.45) is 0 Å². The van der Waals surface area contributed by atoms with Crippen molar-refractivity contribution in [2.45, 2.75) is 19.6 Å². The predicted octanol–water partition coefficient (Wildman–Crippen LogP) is 3.26.